The molecule has 7 nitrogen and oxygen atoms in total. The number of thiophene rings is 1. The minimum Gasteiger partial charge on any atom is -0.340 e. The van der Waals surface area contributed by atoms with Crippen LogP contribution in [0.25, 0.3) is 10.2 Å². The quantitative estimate of drug-likeness (QED) is 0.669. The van der Waals surface area contributed by atoms with Gasteiger partial charge < -0.3 is 9.47 Å². The summed E-state index contributed by atoms with van der Waals surface area (Å²) in [5.41, 5.74) is 1.54. The first-order valence-corrected chi connectivity index (χ1v) is 9.88. The molecule has 2 aliphatic rings. The molecule has 8 heteroatoms. The SMILES string of the molecule is O=C(Cn1cnc2ccsc2c1=O)N1C[C@@H]2C[C@H](C1)c1cccc(=O)n1C2. The van der Waals surface area contributed by atoms with Gasteiger partial charge >= 0.3 is 0 Å². The van der Waals surface area contributed by atoms with E-state index in [0.29, 0.717) is 29.9 Å². The van der Waals surface area contributed by atoms with Crippen LogP contribution in [0, 0.1) is 5.92 Å². The van der Waals surface area contributed by atoms with Crippen LogP contribution < -0.4 is 11.1 Å². The van der Waals surface area contributed by atoms with E-state index >= 15 is 0 Å². The molecule has 1 fully saturated rings. The van der Waals surface area contributed by atoms with Crippen LogP contribution in [0.2, 0.25) is 0 Å². The average molecular weight is 382 g/mol. The van der Waals surface area contributed by atoms with E-state index in [1.807, 2.05) is 20.9 Å². The number of hydrogen-bond donors (Lipinski definition) is 0. The third-order valence-electron chi connectivity index (χ3n) is 5.57. The molecule has 138 valence electrons. The lowest BCUT2D eigenvalue weighted by atomic mass is 9.83. The Kier molecular flexibility index (Phi) is 3.75. The van der Waals surface area contributed by atoms with Crippen LogP contribution in [-0.4, -0.2) is 38.0 Å². The smallest absolute Gasteiger partial charge is 0.271 e. The van der Waals surface area contributed by atoms with Gasteiger partial charge in [-0.2, -0.15) is 0 Å². The Balaban J connectivity index is 1.39. The van der Waals surface area contributed by atoms with E-state index in [1.165, 1.54) is 22.2 Å². The van der Waals surface area contributed by atoms with Crippen LogP contribution in [-0.2, 0) is 17.9 Å². The molecular weight excluding hydrogens is 364 g/mol. The maximum Gasteiger partial charge on any atom is 0.271 e. The maximum absolute atomic E-state index is 12.9. The van der Waals surface area contributed by atoms with Crippen LogP contribution in [0.4, 0.5) is 0 Å². The normalized spacial score (nSPS) is 21.3. The molecule has 5 heterocycles. The summed E-state index contributed by atoms with van der Waals surface area (Å²) in [5.74, 6) is 0.371. The number of amides is 1. The van der Waals surface area contributed by atoms with E-state index in [-0.39, 0.29) is 35.4 Å². The van der Waals surface area contributed by atoms with Crippen molar-refractivity contribution in [2.75, 3.05) is 13.1 Å². The Hall–Kier alpha value is -2.74. The molecule has 27 heavy (non-hydrogen) atoms. The highest BCUT2D eigenvalue weighted by Gasteiger charge is 2.36. The average Bonchev–Trinajstić information content (AvgIpc) is 3.14. The number of likely N-dealkylation sites (tertiary alicyclic amines) is 1. The van der Waals surface area contributed by atoms with Crippen molar-refractivity contribution >= 4 is 27.5 Å². The van der Waals surface area contributed by atoms with E-state index < -0.39 is 0 Å². The molecule has 1 saturated heterocycles. The van der Waals surface area contributed by atoms with Crippen molar-refractivity contribution in [2.45, 2.75) is 25.4 Å². The van der Waals surface area contributed by atoms with Crippen molar-refractivity contribution in [3.63, 3.8) is 0 Å². The lowest BCUT2D eigenvalue weighted by Gasteiger charge is -2.42. The number of carbonyl (C=O) groups excluding carboxylic acids is 1. The van der Waals surface area contributed by atoms with Gasteiger partial charge in [-0.3, -0.25) is 19.0 Å². The fourth-order valence-corrected chi connectivity index (χ4v) is 5.13. The van der Waals surface area contributed by atoms with Crippen LogP contribution in [0.1, 0.15) is 18.0 Å². The summed E-state index contributed by atoms with van der Waals surface area (Å²) < 4.78 is 3.82. The lowest BCUT2D eigenvalue weighted by Crippen LogP contribution is -2.50. The van der Waals surface area contributed by atoms with Crippen molar-refractivity contribution in [3.8, 4) is 0 Å². The van der Waals surface area contributed by atoms with Gasteiger partial charge in [0.25, 0.3) is 11.1 Å². The van der Waals surface area contributed by atoms with Gasteiger partial charge in [-0.1, -0.05) is 6.07 Å². The Morgan fingerprint density at radius 3 is 2.96 bits per heavy atom. The van der Waals surface area contributed by atoms with Crippen molar-refractivity contribution in [2.24, 2.45) is 5.92 Å². The van der Waals surface area contributed by atoms with Gasteiger partial charge in [0.05, 0.1) is 11.8 Å². The summed E-state index contributed by atoms with van der Waals surface area (Å²) in [5, 5.41) is 1.83. The molecule has 0 unspecified atom stereocenters. The zero-order chi connectivity index (χ0) is 18.5. The van der Waals surface area contributed by atoms with Crippen molar-refractivity contribution in [3.05, 3.63) is 62.4 Å². The molecule has 0 aliphatic carbocycles. The highest BCUT2D eigenvalue weighted by Crippen LogP contribution is 2.34. The van der Waals surface area contributed by atoms with Gasteiger partial charge in [0, 0.05) is 37.3 Å². The summed E-state index contributed by atoms with van der Waals surface area (Å²) in [6.45, 7) is 1.86. The Bertz CT molecular complexity index is 1160. The second-order valence-electron chi connectivity index (χ2n) is 7.31. The molecule has 0 saturated carbocycles. The highest BCUT2D eigenvalue weighted by molar-refractivity contribution is 7.17. The van der Waals surface area contributed by atoms with Crippen LogP contribution >= 0.6 is 11.3 Å². The van der Waals surface area contributed by atoms with E-state index in [9.17, 15) is 14.4 Å². The molecule has 2 bridgehead atoms. The molecular formula is C19H18N4O3S. The van der Waals surface area contributed by atoms with Gasteiger partial charge in [0.15, 0.2) is 0 Å². The van der Waals surface area contributed by atoms with E-state index in [4.69, 9.17) is 0 Å². The predicted molar refractivity (Wildman–Crippen MR) is 102 cm³/mol. The maximum atomic E-state index is 12.9. The van der Waals surface area contributed by atoms with Gasteiger partial charge in [-0.15, -0.1) is 11.3 Å². The lowest BCUT2D eigenvalue weighted by molar-refractivity contribution is -0.134. The third-order valence-corrected chi connectivity index (χ3v) is 6.47. The summed E-state index contributed by atoms with van der Waals surface area (Å²) >= 11 is 1.34. The van der Waals surface area contributed by atoms with E-state index in [1.54, 1.807) is 18.2 Å². The monoisotopic (exact) mass is 382 g/mol. The molecule has 2 aliphatic heterocycles. The van der Waals surface area contributed by atoms with Crippen LogP contribution in [0.15, 0.2) is 45.6 Å². The van der Waals surface area contributed by atoms with Gasteiger partial charge in [-0.05, 0) is 29.9 Å². The van der Waals surface area contributed by atoms with Crippen molar-refractivity contribution < 1.29 is 4.79 Å². The molecule has 0 aromatic carbocycles. The molecule has 1 amide bonds. The van der Waals surface area contributed by atoms with Crippen LogP contribution in [0.3, 0.4) is 0 Å². The molecule has 3 aromatic heterocycles. The minimum absolute atomic E-state index is 0.000703. The van der Waals surface area contributed by atoms with E-state index in [0.717, 1.165) is 12.1 Å². The summed E-state index contributed by atoms with van der Waals surface area (Å²) in [7, 11) is 0. The summed E-state index contributed by atoms with van der Waals surface area (Å²) in [6, 6.07) is 7.17. The first-order valence-electron chi connectivity index (χ1n) is 9.00. The number of rotatable bonds is 2. The number of carbonyl (C=O) groups is 1. The van der Waals surface area contributed by atoms with E-state index in [2.05, 4.69) is 4.98 Å². The van der Waals surface area contributed by atoms with Gasteiger partial charge in [-0.25, -0.2) is 4.98 Å². The van der Waals surface area contributed by atoms with Crippen molar-refractivity contribution in [1.29, 1.82) is 0 Å². The zero-order valence-corrected chi connectivity index (χ0v) is 15.4. The summed E-state index contributed by atoms with van der Waals surface area (Å²) in [6.07, 6.45) is 2.45. The molecule has 0 radical (unpaired) electrons. The summed E-state index contributed by atoms with van der Waals surface area (Å²) in [4.78, 5) is 43.6. The van der Waals surface area contributed by atoms with Gasteiger partial charge in [0.2, 0.25) is 5.91 Å². The first kappa shape index (κ1) is 16.4. The predicted octanol–water partition coefficient (Wildman–Crippen LogP) is 1.27. The molecule has 3 aromatic rings. The number of fused-ring (bicyclic) bond motifs is 5. The Labute approximate surface area is 158 Å². The minimum atomic E-state index is -0.169. The largest absolute Gasteiger partial charge is 0.340 e. The second-order valence-corrected chi connectivity index (χ2v) is 8.23. The number of pyridine rings is 1. The van der Waals surface area contributed by atoms with Crippen molar-refractivity contribution in [1.82, 2.24) is 19.0 Å². The number of aromatic nitrogens is 3. The standard InChI is InChI=1S/C19H18N4O3S/c24-16-3-1-2-15-13-6-12(8-23(15)16)7-21(9-13)17(25)10-22-11-20-14-4-5-27-18(14)19(22)26/h1-5,11-13H,6-10H2/t12-,13+/m0/s1. The highest BCUT2D eigenvalue weighted by atomic mass is 32.1. The fraction of sp³-hybridized carbons (Fsp3) is 0.368. The topological polar surface area (TPSA) is 77.2 Å². The molecule has 2 atom stereocenters. The Morgan fingerprint density at radius 2 is 2.07 bits per heavy atom. The molecule has 0 spiro atoms. The molecule has 5 rings (SSSR count). The second kappa shape index (κ2) is 6.16. The number of hydrogen-bond acceptors (Lipinski definition) is 5. The Morgan fingerprint density at radius 1 is 1.19 bits per heavy atom. The third kappa shape index (κ3) is 2.71. The first-order chi connectivity index (χ1) is 13.1. The number of nitrogens with zero attached hydrogens (tertiary/aromatic N) is 4. The van der Waals surface area contributed by atoms with Gasteiger partial charge in [0.1, 0.15) is 11.2 Å². The zero-order valence-electron chi connectivity index (χ0n) is 14.6. The fourth-order valence-electron chi connectivity index (χ4n) is 4.34. The van der Waals surface area contributed by atoms with Crippen LogP contribution in [0.5, 0.6) is 0 Å². The number of piperidine rings is 1. The molecule has 0 N–H and O–H groups in total.